The van der Waals surface area contributed by atoms with Gasteiger partial charge in [0.1, 0.15) is 0 Å². The van der Waals surface area contributed by atoms with Crippen molar-refractivity contribution in [1.29, 1.82) is 0 Å². The van der Waals surface area contributed by atoms with Crippen molar-refractivity contribution >= 4 is 12.7 Å². The van der Waals surface area contributed by atoms with Crippen molar-refractivity contribution in [1.82, 2.24) is 0 Å². The van der Waals surface area contributed by atoms with Crippen LogP contribution in [0.25, 0.3) is 12.7 Å². The molecule has 0 aliphatic heterocycles. The number of hydrogen-bond acceptors (Lipinski definition) is 0. The minimum Gasteiger partial charge on any atom is -0.0961 e. The van der Waals surface area contributed by atoms with E-state index in [1.165, 1.54) is 0 Å². The fraction of sp³-hybridized carbons (Fsp3) is 0.200. The lowest BCUT2D eigenvalue weighted by atomic mass is 10.2. The first kappa shape index (κ1) is 13.4. The summed E-state index contributed by atoms with van der Waals surface area (Å²) in [6.07, 6.45) is 6.01. The molecule has 1 aromatic rings. The van der Waals surface area contributed by atoms with Crippen LogP contribution in [0.1, 0.15) is 20.8 Å². The highest BCUT2D eigenvalue weighted by Crippen LogP contribution is 1.87. The molecule has 0 saturated carbocycles. The van der Waals surface area contributed by atoms with Gasteiger partial charge >= 0.3 is 0 Å². The predicted octanol–water partition coefficient (Wildman–Crippen LogP) is 3.04. The molecule has 0 radical (unpaired) electrons. The van der Waals surface area contributed by atoms with Gasteiger partial charge in [-0.05, 0) is 17.4 Å². The zero-order valence-electron chi connectivity index (χ0n) is 9.96. The van der Waals surface area contributed by atoms with E-state index in [9.17, 15) is 0 Å². The molecule has 0 aromatic heterocycles. The summed E-state index contributed by atoms with van der Waals surface area (Å²) >= 11 is 0. The van der Waals surface area contributed by atoms with E-state index in [0.29, 0.717) is 0 Å². The molecule has 1 rings (SSSR count). The van der Waals surface area contributed by atoms with Crippen LogP contribution < -0.4 is 10.4 Å². The minimum absolute atomic E-state index is 1.05. The predicted molar refractivity (Wildman–Crippen MR) is 71.0 cm³/mol. The van der Waals surface area contributed by atoms with E-state index in [4.69, 9.17) is 0 Å². The smallest absolute Gasteiger partial charge is 0.0190 e. The Balaban J connectivity index is 0.000000921. The topological polar surface area (TPSA) is 0 Å². The summed E-state index contributed by atoms with van der Waals surface area (Å²) in [6.45, 7) is 13.7. The first-order valence-corrected chi connectivity index (χ1v) is 5.28. The van der Waals surface area contributed by atoms with Crippen LogP contribution in [0.3, 0.4) is 0 Å². The van der Waals surface area contributed by atoms with Gasteiger partial charge in [0, 0.05) is 0 Å². The molecule has 0 heterocycles. The Bertz CT molecular complexity index is 422. The lowest BCUT2D eigenvalue weighted by molar-refractivity contribution is 1.50. The van der Waals surface area contributed by atoms with Crippen molar-refractivity contribution < 1.29 is 0 Å². The zero-order chi connectivity index (χ0) is 11.7. The fourth-order valence-corrected chi connectivity index (χ4v) is 1.01. The zero-order valence-corrected chi connectivity index (χ0v) is 9.96. The van der Waals surface area contributed by atoms with Crippen LogP contribution in [0.15, 0.2) is 48.6 Å². The van der Waals surface area contributed by atoms with E-state index < -0.39 is 0 Å². The number of rotatable bonds is 2. The second kappa shape index (κ2) is 7.81. The molecule has 80 valence electrons. The van der Waals surface area contributed by atoms with E-state index in [0.717, 1.165) is 16.0 Å². The second-order valence-corrected chi connectivity index (χ2v) is 3.07. The van der Waals surface area contributed by atoms with Crippen molar-refractivity contribution in [2.24, 2.45) is 0 Å². The lowest BCUT2D eigenvalue weighted by Crippen LogP contribution is -2.21. The molecular formula is C15H20. The normalized spacial score (nSPS) is 11.0. The van der Waals surface area contributed by atoms with E-state index in [1.807, 2.05) is 63.3 Å². The second-order valence-electron chi connectivity index (χ2n) is 3.07. The van der Waals surface area contributed by atoms with Gasteiger partial charge in [-0.3, -0.25) is 0 Å². The number of hydrogen-bond donors (Lipinski definition) is 0. The number of benzene rings is 1. The standard InChI is InChI=1S/C13H14.C2H6/c1-11(2)7-6-10-13-9-5-4-8-12(13)3;1-2/h4-10H,1,3H2,2H3;1-2H3/b7-6-,13-10-;. The molecule has 0 aliphatic carbocycles. The van der Waals surface area contributed by atoms with Crippen LogP contribution in [0.4, 0.5) is 0 Å². The molecule has 0 aliphatic rings. The maximum Gasteiger partial charge on any atom is -0.0190 e. The highest BCUT2D eigenvalue weighted by atomic mass is 13.8. The van der Waals surface area contributed by atoms with Gasteiger partial charge in [0.05, 0.1) is 0 Å². The van der Waals surface area contributed by atoms with Crippen LogP contribution in [0.5, 0.6) is 0 Å². The summed E-state index contributed by atoms with van der Waals surface area (Å²) in [4.78, 5) is 0. The largest absolute Gasteiger partial charge is 0.0961 e. The van der Waals surface area contributed by atoms with Crippen molar-refractivity contribution in [3.8, 4) is 0 Å². The quantitative estimate of drug-likeness (QED) is 0.644. The average Bonchev–Trinajstić information content (AvgIpc) is 2.23. The maximum absolute atomic E-state index is 3.93. The monoisotopic (exact) mass is 200 g/mol. The highest BCUT2D eigenvalue weighted by molar-refractivity contribution is 5.40. The van der Waals surface area contributed by atoms with Gasteiger partial charge in [0.25, 0.3) is 0 Å². The molecule has 0 spiro atoms. The molecular weight excluding hydrogens is 180 g/mol. The molecule has 0 saturated heterocycles. The van der Waals surface area contributed by atoms with Gasteiger partial charge in [0.15, 0.2) is 0 Å². The Morgan fingerprint density at radius 1 is 1.20 bits per heavy atom. The third-order valence-electron chi connectivity index (χ3n) is 1.71. The number of allylic oxidation sites excluding steroid dienone is 3. The van der Waals surface area contributed by atoms with Crippen molar-refractivity contribution in [3.05, 3.63) is 59.0 Å². The van der Waals surface area contributed by atoms with Crippen molar-refractivity contribution in [2.75, 3.05) is 0 Å². The molecule has 0 fully saturated rings. The molecule has 0 amide bonds. The summed E-state index contributed by atoms with van der Waals surface area (Å²) in [7, 11) is 0. The minimum atomic E-state index is 1.05. The first-order chi connectivity index (χ1) is 7.20. The summed E-state index contributed by atoms with van der Waals surface area (Å²) in [5.74, 6) is 0. The maximum atomic E-state index is 3.93. The molecule has 0 heteroatoms. The van der Waals surface area contributed by atoms with Gasteiger partial charge in [0.2, 0.25) is 0 Å². The molecule has 1 aromatic carbocycles. The average molecular weight is 200 g/mol. The van der Waals surface area contributed by atoms with Gasteiger partial charge < -0.3 is 0 Å². The van der Waals surface area contributed by atoms with Crippen LogP contribution in [-0.4, -0.2) is 0 Å². The highest BCUT2D eigenvalue weighted by Gasteiger charge is 1.77. The van der Waals surface area contributed by atoms with Crippen molar-refractivity contribution in [3.63, 3.8) is 0 Å². The molecule has 0 N–H and O–H groups in total. The first-order valence-electron chi connectivity index (χ1n) is 5.28. The lowest BCUT2D eigenvalue weighted by Gasteiger charge is -1.85. The van der Waals surface area contributed by atoms with Gasteiger partial charge in [-0.2, -0.15) is 0 Å². The third kappa shape index (κ3) is 5.69. The Labute approximate surface area is 93.0 Å². The fourth-order valence-electron chi connectivity index (χ4n) is 1.01. The molecule has 0 bridgehead atoms. The van der Waals surface area contributed by atoms with Crippen LogP contribution in [0, 0.1) is 0 Å². The van der Waals surface area contributed by atoms with E-state index >= 15 is 0 Å². The Morgan fingerprint density at radius 2 is 1.80 bits per heavy atom. The van der Waals surface area contributed by atoms with Crippen LogP contribution in [0.2, 0.25) is 0 Å². The summed E-state index contributed by atoms with van der Waals surface area (Å²) in [5, 5.41) is 2.20. The summed E-state index contributed by atoms with van der Waals surface area (Å²) in [5.41, 5.74) is 1.05. The molecule has 0 nitrogen and oxygen atoms in total. The van der Waals surface area contributed by atoms with Crippen LogP contribution in [-0.2, 0) is 0 Å². The Kier molecular flexibility index (Phi) is 7.00. The van der Waals surface area contributed by atoms with E-state index in [2.05, 4.69) is 13.2 Å². The third-order valence-corrected chi connectivity index (χ3v) is 1.71. The van der Waals surface area contributed by atoms with E-state index in [-0.39, 0.29) is 0 Å². The van der Waals surface area contributed by atoms with Crippen molar-refractivity contribution in [2.45, 2.75) is 20.8 Å². The van der Waals surface area contributed by atoms with Gasteiger partial charge in [-0.1, -0.05) is 75.1 Å². The Morgan fingerprint density at radius 3 is 2.33 bits per heavy atom. The SMILES string of the molecule is C=C(C)/C=C\C=c1\ccccc1=C.CC. The van der Waals surface area contributed by atoms with Gasteiger partial charge in [-0.25, -0.2) is 0 Å². The van der Waals surface area contributed by atoms with E-state index in [1.54, 1.807) is 0 Å². The van der Waals surface area contributed by atoms with Crippen LogP contribution >= 0.6 is 0 Å². The summed E-state index contributed by atoms with van der Waals surface area (Å²) < 4.78 is 0. The molecule has 0 unspecified atom stereocenters. The molecule has 0 atom stereocenters. The molecule has 15 heavy (non-hydrogen) atoms. The Hall–Kier alpha value is -1.56. The summed E-state index contributed by atoms with van der Waals surface area (Å²) in [6, 6.07) is 8.04. The van der Waals surface area contributed by atoms with Gasteiger partial charge in [-0.15, -0.1) is 0 Å².